The van der Waals surface area contributed by atoms with E-state index >= 15 is 0 Å². The van der Waals surface area contributed by atoms with E-state index in [0.717, 1.165) is 5.56 Å². The number of benzene rings is 1. The molecule has 0 bridgehead atoms. The number of hydrogen-bond donors (Lipinski definition) is 0. The van der Waals surface area contributed by atoms with Gasteiger partial charge in [-0.3, -0.25) is 13.9 Å². The first kappa shape index (κ1) is 25.5. The summed E-state index contributed by atoms with van der Waals surface area (Å²) in [4.78, 5) is 26.8. The van der Waals surface area contributed by atoms with Gasteiger partial charge in [0.1, 0.15) is 35.9 Å². The normalized spacial score (nSPS) is 27.7. The Bertz CT molecular complexity index is 954. The first-order chi connectivity index (χ1) is 15.3. The van der Waals surface area contributed by atoms with E-state index in [1.54, 1.807) is 34.6 Å². The Morgan fingerprint density at radius 2 is 1.88 bits per heavy atom. The van der Waals surface area contributed by atoms with Crippen LogP contribution < -0.4 is 0 Å². The highest BCUT2D eigenvalue weighted by molar-refractivity contribution is 7.86. The lowest BCUT2D eigenvalue weighted by atomic mass is 9.95. The molecule has 3 atom stereocenters. The van der Waals surface area contributed by atoms with Crippen molar-refractivity contribution in [1.29, 1.82) is 0 Å². The summed E-state index contributed by atoms with van der Waals surface area (Å²) >= 11 is 0. The second-order valence-corrected chi connectivity index (χ2v) is 11.5. The number of carbonyl (C=O) groups excluding carboxylic acids is 2. The summed E-state index contributed by atoms with van der Waals surface area (Å²) < 4.78 is 47.4. The van der Waals surface area contributed by atoms with Gasteiger partial charge >= 0.3 is 12.1 Å². The van der Waals surface area contributed by atoms with Crippen LogP contribution in [0.3, 0.4) is 0 Å². The van der Waals surface area contributed by atoms with E-state index < -0.39 is 57.5 Å². The van der Waals surface area contributed by atoms with Crippen LogP contribution in [0, 0.1) is 0 Å². The molecule has 0 N–H and O–H groups in total. The monoisotopic (exact) mass is 483 g/mol. The predicted octanol–water partition coefficient (Wildman–Crippen LogP) is 3.02. The summed E-state index contributed by atoms with van der Waals surface area (Å²) in [5, 5.41) is 0. The number of carbonyl (C=O) groups is 2. The van der Waals surface area contributed by atoms with Crippen LogP contribution in [0.5, 0.6) is 0 Å². The Morgan fingerprint density at radius 3 is 2.52 bits per heavy atom. The molecule has 2 aliphatic rings. The number of esters is 1. The van der Waals surface area contributed by atoms with Gasteiger partial charge in [-0.05, 0) is 53.0 Å². The van der Waals surface area contributed by atoms with Gasteiger partial charge in [0, 0.05) is 6.42 Å². The number of rotatable bonds is 3. The Kier molecular flexibility index (Phi) is 7.40. The second kappa shape index (κ2) is 9.60. The highest BCUT2D eigenvalue weighted by atomic mass is 32.2. The third-order valence-corrected chi connectivity index (χ3v) is 6.67. The van der Waals surface area contributed by atoms with Crippen LogP contribution in [0.2, 0.25) is 0 Å². The number of amides is 1. The Hall–Kier alpha value is -2.17. The molecule has 33 heavy (non-hydrogen) atoms. The fourth-order valence-corrected chi connectivity index (χ4v) is 5.13. The molecule has 184 valence electrons. The quantitative estimate of drug-likeness (QED) is 0.477. The molecule has 9 nitrogen and oxygen atoms in total. The van der Waals surface area contributed by atoms with Gasteiger partial charge in [0.05, 0.1) is 6.04 Å². The van der Waals surface area contributed by atoms with E-state index in [0.29, 0.717) is 6.42 Å². The molecule has 0 aromatic heterocycles. The maximum absolute atomic E-state index is 13.3. The van der Waals surface area contributed by atoms with Gasteiger partial charge in [-0.15, -0.1) is 0 Å². The average Bonchev–Trinajstić information content (AvgIpc) is 2.97. The van der Waals surface area contributed by atoms with E-state index in [1.165, 1.54) is 4.90 Å². The second-order valence-electron chi connectivity index (χ2n) is 9.79. The third-order valence-electron chi connectivity index (χ3n) is 5.46. The SMILES string of the molecule is CC(C)(C)OC(=O)N1C(Cc2ccccc2)C(C2CCC(=O)OCCS(=O)(=O)O2)OC1(C)C. The van der Waals surface area contributed by atoms with Crippen molar-refractivity contribution >= 4 is 22.2 Å². The number of nitrogens with zero attached hydrogens (tertiary/aromatic N) is 1. The molecule has 2 aliphatic heterocycles. The van der Waals surface area contributed by atoms with Gasteiger partial charge in [0.25, 0.3) is 10.1 Å². The highest BCUT2D eigenvalue weighted by Gasteiger charge is 2.54. The van der Waals surface area contributed by atoms with Crippen LogP contribution in [0.4, 0.5) is 4.79 Å². The smallest absolute Gasteiger partial charge is 0.412 e. The summed E-state index contributed by atoms with van der Waals surface area (Å²) in [6.45, 7) is 8.52. The van der Waals surface area contributed by atoms with Crippen molar-refractivity contribution in [3.63, 3.8) is 0 Å². The number of cyclic esters (lactones) is 1. The van der Waals surface area contributed by atoms with Gasteiger partial charge in [-0.2, -0.15) is 8.42 Å². The van der Waals surface area contributed by atoms with Gasteiger partial charge in [-0.25, -0.2) is 4.79 Å². The van der Waals surface area contributed by atoms with Crippen LogP contribution in [-0.4, -0.2) is 67.3 Å². The highest BCUT2D eigenvalue weighted by Crippen LogP contribution is 2.39. The molecule has 1 aromatic carbocycles. The average molecular weight is 484 g/mol. The van der Waals surface area contributed by atoms with Gasteiger partial charge in [-0.1, -0.05) is 30.3 Å². The van der Waals surface area contributed by atoms with Crippen LogP contribution in [0.25, 0.3) is 0 Å². The molecule has 1 aromatic rings. The molecule has 0 aliphatic carbocycles. The lowest BCUT2D eigenvalue weighted by Gasteiger charge is -2.35. The zero-order valence-electron chi connectivity index (χ0n) is 19.8. The van der Waals surface area contributed by atoms with Crippen molar-refractivity contribution in [3.8, 4) is 0 Å². The zero-order valence-corrected chi connectivity index (χ0v) is 20.6. The molecular formula is C23H33NO8S. The van der Waals surface area contributed by atoms with Crippen LogP contribution in [-0.2, 0) is 39.7 Å². The lowest BCUT2D eigenvalue weighted by molar-refractivity contribution is -0.143. The maximum Gasteiger partial charge on any atom is 0.412 e. The fraction of sp³-hybridized carbons (Fsp3) is 0.652. The molecule has 2 saturated heterocycles. The van der Waals surface area contributed by atoms with Crippen molar-refractivity contribution in [1.82, 2.24) is 4.90 Å². The molecular weight excluding hydrogens is 450 g/mol. The van der Waals surface area contributed by atoms with Crippen LogP contribution in [0.15, 0.2) is 30.3 Å². The Labute approximate surface area is 195 Å². The van der Waals surface area contributed by atoms with Crippen LogP contribution in [0.1, 0.15) is 53.0 Å². The van der Waals surface area contributed by atoms with Crippen LogP contribution >= 0.6 is 0 Å². The molecule has 0 saturated carbocycles. The summed E-state index contributed by atoms with van der Waals surface area (Å²) in [5.74, 6) is -0.939. The first-order valence-corrected chi connectivity index (χ1v) is 12.7. The number of hydrogen-bond acceptors (Lipinski definition) is 8. The minimum atomic E-state index is -3.97. The molecule has 2 heterocycles. The van der Waals surface area contributed by atoms with Crippen molar-refractivity contribution in [2.24, 2.45) is 0 Å². The molecule has 0 radical (unpaired) electrons. The van der Waals surface area contributed by atoms with E-state index in [4.69, 9.17) is 18.4 Å². The zero-order chi connectivity index (χ0) is 24.4. The van der Waals surface area contributed by atoms with Crippen molar-refractivity contribution in [2.45, 2.75) is 83.5 Å². The van der Waals surface area contributed by atoms with E-state index in [-0.39, 0.29) is 19.4 Å². The van der Waals surface area contributed by atoms with Crippen molar-refractivity contribution in [2.75, 3.05) is 12.4 Å². The van der Waals surface area contributed by atoms with Gasteiger partial charge < -0.3 is 14.2 Å². The van der Waals surface area contributed by atoms with E-state index in [9.17, 15) is 18.0 Å². The summed E-state index contributed by atoms with van der Waals surface area (Å²) in [6, 6.07) is 8.93. The van der Waals surface area contributed by atoms with Gasteiger partial charge in [0.15, 0.2) is 0 Å². The molecule has 3 rings (SSSR count). The lowest BCUT2D eigenvalue weighted by Crippen LogP contribution is -2.52. The topological polar surface area (TPSA) is 108 Å². The van der Waals surface area contributed by atoms with Crippen molar-refractivity contribution < 1.29 is 36.4 Å². The first-order valence-electron chi connectivity index (χ1n) is 11.1. The fourth-order valence-electron chi connectivity index (χ4n) is 4.16. The maximum atomic E-state index is 13.3. The minimum absolute atomic E-state index is 0.0228. The molecule has 0 spiro atoms. The summed E-state index contributed by atoms with van der Waals surface area (Å²) in [7, 11) is -3.97. The summed E-state index contributed by atoms with van der Waals surface area (Å²) in [6.07, 6.45) is -1.91. The Balaban J connectivity index is 1.99. The minimum Gasteiger partial charge on any atom is -0.464 e. The largest absolute Gasteiger partial charge is 0.464 e. The number of ether oxygens (including phenoxy) is 3. The van der Waals surface area contributed by atoms with Crippen molar-refractivity contribution in [3.05, 3.63) is 35.9 Å². The third kappa shape index (κ3) is 6.68. The van der Waals surface area contributed by atoms with Gasteiger partial charge in [0.2, 0.25) is 0 Å². The molecule has 1 amide bonds. The Morgan fingerprint density at radius 1 is 1.21 bits per heavy atom. The molecule has 3 unspecified atom stereocenters. The standard InChI is InChI=1S/C23H33NO8S/c1-22(2,3)31-21(26)24-17(15-16-9-7-6-8-10-16)20(30-23(24,4)5)18-11-12-19(25)29-13-14-33(27,28)32-18/h6-10,17-18,20H,11-15H2,1-5H3. The van der Waals surface area contributed by atoms with E-state index in [1.807, 2.05) is 30.3 Å². The molecule has 2 fully saturated rings. The van der Waals surface area contributed by atoms with E-state index in [2.05, 4.69) is 0 Å². The predicted molar refractivity (Wildman–Crippen MR) is 120 cm³/mol. The molecule has 10 heteroatoms. The summed E-state index contributed by atoms with van der Waals surface area (Å²) in [5.41, 5.74) is -0.893.